The molecule has 2 aliphatic heterocycles. The Kier molecular flexibility index (Phi) is 1.99. The van der Waals surface area contributed by atoms with Gasteiger partial charge in [0.25, 0.3) is 5.91 Å². The van der Waals surface area contributed by atoms with Crippen LogP contribution in [0.2, 0.25) is 0 Å². The van der Waals surface area contributed by atoms with Crippen molar-refractivity contribution in [2.24, 2.45) is 0 Å². The van der Waals surface area contributed by atoms with Crippen LogP contribution in [0.3, 0.4) is 0 Å². The highest BCUT2D eigenvalue weighted by atomic mass is 32.1. The normalized spacial score (nSPS) is 20.8. The number of thiophene rings is 1. The van der Waals surface area contributed by atoms with E-state index in [9.17, 15) is 4.79 Å². The fourth-order valence-corrected chi connectivity index (χ4v) is 3.66. The second kappa shape index (κ2) is 3.55. The molecule has 90 valence electrons. The van der Waals surface area contributed by atoms with Crippen LogP contribution in [0.5, 0.6) is 0 Å². The summed E-state index contributed by atoms with van der Waals surface area (Å²) < 4.78 is 0. The van der Waals surface area contributed by atoms with E-state index in [0.29, 0.717) is 0 Å². The van der Waals surface area contributed by atoms with Crippen molar-refractivity contribution in [3.05, 3.63) is 40.2 Å². The van der Waals surface area contributed by atoms with E-state index in [1.165, 1.54) is 4.88 Å². The minimum atomic E-state index is -0.206. The third-order valence-corrected chi connectivity index (χ3v) is 4.53. The van der Waals surface area contributed by atoms with Crippen molar-refractivity contribution >= 4 is 28.7 Å². The zero-order chi connectivity index (χ0) is 12.1. The lowest BCUT2D eigenvalue weighted by Gasteiger charge is -2.39. The minimum absolute atomic E-state index is 0.0508. The van der Waals surface area contributed by atoms with Gasteiger partial charge in [0.2, 0.25) is 0 Å². The van der Waals surface area contributed by atoms with Gasteiger partial charge in [0.05, 0.1) is 5.69 Å². The summed E-state index contributed by atoms with van der Waals surface area (Å²) in [5.41, 5.74) is 1.96. The first kappa shape index (κ1) is 10.1. The van der Waals surface area contributed by atoms with E-state index >= 15 is 0 Å². The molecule has 0 saturated heterocycles. The standard InChI is InChI=1S/C13H11N3OS/c17-13-11-8-4-7-18-10(8)3-6-16(11)12-9(15-13)2-1-5-14-12/h1-2,4-5,7,11H,3,6H2,(H,15,17). The third kappa shape index (κ3) is 1.25. The summed E-state index contributed by atoms with van der Waals surface area (Å²) in [5, 5.41) is 5.02. The van der Waals surface area contributed by atoms with Gasteiger partial charge in [-0.1, -0.05) is 0 Å². The lowest BCUT2D eigenvalue weighted by Crippen LogP contribution is -2.45. The molecule has 2 aliphatic rings. The second-order valence-corrected chi connectivity index (χ2v) is 5.51. The van der Waals surface area contributed by atoms with E-state index in [4.69, 9.17) is 0 Å². The Morgan fingerprint density at radius 3 is 3.33 bits per heavy atom. The summed E-state index contributed by atoms with van der Waals surface area (Å²) in [6, 6.07) is 5.60. The van der Waals surface area contributed by atoms with Gasteiger partial charge in [-0.25, -0.2) is 4.98 Å². The van der Waals surface area contributed by atoms with E-state index in [1.54, 1.807) is 17.5 Å². The van der Waals surface area contributed by atoms with Crippen molar-refractivity contribution in [2.75, 3.05) is 16.8 Å². The number of aromatic nitrogens is 1. The Balaban J connectivity index is 1.89. The van der Waals surface area contributed by atoms with Gasteiger partial charge in [-0.2, -0.15) is 0 Å². The number of nitrogens with one attached hydrogen (secondary N) is 1. The number of carbonyl (C=O) groups is 1. The molecule has 0 radical (unpaired) electrons. The summed E-state index contributed by atoms with van der Waals surface area (Å²) in [7, 11) is 0. The molecule has 1 atom stereocenters. The topological polar surface area (TPSA) is 45.2 Å². The predicted molar refractivity (Wildman–Crippen MR) is 71.0 cm³/mol. The lowest BCUT2D eigenvalue weighted by atomic mass is 9.97. The van der Waals surface area contributed by atoms with Gasteiger partial charge in [-0.05, 0) is 35.6 Å². The summed E-state index contributed by atoms with van der Waals surface area (Å²) >= 11 is 1.74. The van der Waals surface area contributed by atoms with Crippen LogP contribution < -0.4 is 10.2 Å². The molecule has 2 aromatic rings. The van der Waals surface area contributed by atoms with Gasteiger partial charge >= 0.3 is 0 Å². The first-order valence-corrected chi connectivity index (χ1v) is 6.81. The molecule has 0 fully saturated rings. The molecular weight excluding hydrogens is 246 g/mol. The molecule has 2 aromatic heterocycles. The number of hydrogen-bond donors (Lipinski definition) is 1. The van der Waals surface area contributed by atoms with Crippen molar-refractivity contribution in [1.29, 1.82) is 0 Å². The number of hydrogen-bond acceptors (Lipinski definition) is 4. The second-order valence-electron chi connectivity index (χ2n) is 4.51. The smallest absolute Gasteiger partial charge is 0.251 e. The van der Waals surface area contributed by atoms with Crippen LogP contribution in [-0.2, 0) is 11.2 Å². The Bertz CT molecular complexity index is 637. The molecule has 0 spiro atoms. The van der Waals surface area contributed by atoms with Crippen LogP contribution in [0, 0.1) is 0 Å². The largest absolute Gasteiger partial charge is 0.339 e. The molecule has 0 aromatic carbocycles. The fraction of sp³-hybridized carbons (Fsp3) is 0.231. The molecule has 0 bridgehead atoms. The Labute approximate surface area is 108 Å². The zero-order valence-electron chi connectivity index (χ0n) is 9.59. The van der Waals surface area contributed by atoms with Gasteiger partial charge in [-0.3, -0.25) is 4.79 Å². The van der Waals surface area contributed by atoms with Crippen LogP contribution in [0.25, 0.3) is 0 Å². The quantitative estimate of drug-likeness (QED) is 0.787. The molecule has 0 saturated carbocycles. The maximum atomic E-state index is 12.3. The summed E-state index contributed by atoms with van der Waals surface area (Å²) in [4.78, 5) is 20.1. The SMILES string of the molecule is O=C1Nc2cccnc2N2CCc3sccc3C12. The molecule has 1 N–H and O–H groups in total. The van der Waals surface area contributed by atoms with Gasteiger partial charge < -0.3 is 10.2 Å². The third-order valence-electron chi connectivity index (χ3n) is 3.53. The predicted octanol–water partition coefficient (Wildman–Crippen LogP) is 2.20. The first-order valence-electron chi connectivity index (χ1n) is 5.93. The van der Waals surface area contributed by atoms with Crippen molar-refractivity contribution in [2.45, 2.75) is 12.5 Å². The van der Waals surface area contributed by atoms with Gasteiger partial charge in [0.15, 0.2) is 5.82 Å². The Hall–Kier alpha value is -1.88. The van der Waals surface area contributed by atoms with Crippen molar-refractivity contribution in [3.8, 4) is 0 Å². The van der Waals surface area contributed by atoms with Crippen molar-refractivity contribution in [1.82, 2.24) is 4.98 Å². The number of carbonyl (C=O) groups excluding carboxylic acids is 1. The average molecular weight is 257 g/mol. The van der Waals surface area contributed by atoms with Crippen molar-refractivity contribution in [3.63, 3.8) is 0 Å². The van der Waals surface area contributed by atoms with Gasteiger partial charge in [0, 0.05) is 17.6 Å². The average Bonchev–Trinajstić information content (AvgIpc) is 2.86. The molecular formula is C13H11N3OS. The maximum Gasteiger partial charge on any atom is 0.251 e. The van der Waals surface area contributed by atoms with E-state index in [0.717, 1.165) is 30.0 Å². The highest BCUT2D eigenvalue weighted by Crippen LogP contribution is 2.41. The van der Waals surface area contributed by atoms with Crippen LogP contribution in [0.4, 0.5) is 11.5 Å². The Morgan fingerprint density at radius 1 is 1.44 bits per heavy atom. The lowest BCUT2D eigenvalue weighted by molar-refractivity contribution is -0.117. The van der Waals surface area contributed by atoms with E-state index < -0.39 is 0 Å². The first-order chi connectivity index (χ1) is 8.84. The molecule has 4 nitrogen and oxygen atoms in total. The molecule has 4 rings (SSSR count). The summed E-state index contributed by atoms with van der Waals surface area (Å²) in [6.45, 7) is 0.857. The monoisotopic (exact) mass is 257 g/mol. The van der Waals surface area contributed by atoms with Crippen LogP contribution in [0.1, 0.15) is 16.5 Å². The van der Waals surface area contributed by atoms with E-state index in [2.05, 4.69) is 26.6 Å². The van der Waals surface area contributed by atoms with E-state index in [-0.39, 0.29) is 11.9 Å². The van der Waals surface area contributed by atoms with Gasteiger partial charge in [-0.15, -0.1) is 11.3 Å². The van der Waals surface area contributed by atoms with Crippen LogP contribution in [-0.4, -0.2) is 17.4 Å². The number of rotatable bonds is 0. The fourth-order valence-electron chi connectivity index (χ4n) is 2.75. The Morgan fingerprint density at radius 2 is 2.39 bits per heavy atom. The van der Waals surface area contributed by atoms with Crippen LogP contribution >= 0.6 is 11.3 Å². The number of nitrogens with zero attached hydrogens (tertiary/aromatic N) is 2. The maximum absolute atomic E-state index is 12.3. The summed E-state index contributed by atoms with van der Waals surface area (Å²) in [5.74, 6) is 0.939. The van der Waals surface area contributed by atoms with Gasteiger partial charge in [0.1, 0.15) is 6.04 Å². The number of anilines is 2. The van der Waals surface area contributed by atoms with E-state index in [1.807, 2.05) is 12.1 Å². The number of fused-ring (bicyclic) bond motifs is 5. The van der Waals surface area contributed by atoms with Crippen LogP contribution in [0.15, 0.2) is 29.8 Å². The molecule has 1 amide bonds. The van der Waals surface area contributed by atoms with Crippen molar-refractivity contribution < 1.29 is 4.79 Å². The highest BCUT2D eigenvalue weighted by Gasteiger charge is 2.38. The molecule has 4 heterocycles. The molecule has 0 aliphatic carbocycles. The zero-order valence-corrected chi connectivity index (χ0v) is 10.4. The number of pyridine rings is 1. The highest BCUT2D eigenvalue weighted by molar-refractivity contribution is 7.10. The minimum Gasteiger partial charge on any atom is -0.339 e. The summed E-state index contributed by atoms with van der Waals surface area (Å²) in [6.07, 6.45) is 2.77. The molecule has 1 unspecified atom stereocenters. The molecule has 18 heavy (non-hydrogen) atoms. The number of amides is 1. The molecule has 5 heteroatoms.